The molecule has 2 N–H and O–H groups in total. The molecule has 0 bridgehead atoms. The van der Waals surface area contributed by atoms with E-state index in [0.29, 0.717) is 5.56 Å². The Bertz CT molecular complexity index is 641. The molecular formula is C15H15FN2O2. The molecule has 4 nitrogen and oxygen atoms in total. The van der Waals surface area contributed by atoms with Gasteiger partial charge in [0.1, 0.15) is 5.82 Å². The van der Waals surface area contributed by atoms with Gasteiger partial charge in [0.2, 0.25) is 11.8 Å². The van der Waals surface area contributed by atoms with Crippen molar-refractivity contribution in [2.24, 2.45) is 11.1 Å². The zero-order valence-corrected chi connectivity index (χ0v) is 11.4. The van der Waals surface area contributed by atoms with Gasteiger partial charge in [0, 0.05) is 12.0 Å². The average molecular weight is 274 g/mol. The number of anilines is 1. The molecule has 0 radical (unpaired) electrons. The summed E-state index contributed by atoms with van der Waals surface area (Å²) in [5.41, 5.74) is 4.88. The molecule has 0 aliphatic carbocycles. The number of halogens is 1. The molecular weight excluding hydrogens is 259 g/mol. The molecule has 0 aromatic heterocycles. The molecule has 1 aromatic carbocycles. The van der Waals surface area contributed by atoms with Gasteiger partial charge >= 0.3 is 0 Å². The van der Waals surface area contributed by atoms with Crippen LogP contribution >= 0.6 is 0 Å². The monoisotopic (exact) mass is 274 g/mol. The number of amides is 2. The van der Waals surface area contributed by atoms with Crippen LogP contribution in [-0.4, -0.2) is 18.4 Å². The maximum absolute atomic E-state index is 14.1. The van der Waals surface area contributed by atoms with Gasteiger partial charge in [-0.3, -0.25) is 9.59 Å². The lowest BCUT2D eigenvalue weighted by molar-refractivity contribution is -0.124. The average Bonchev–Trinajstić information content (AvgIpc) is 2.57. The highest BCUT2D eigenvalue weighted by molar-refractivity contribution is 6.22. The summed E-state index contributed by atoms with van der Waals surface area (Å²) >= 11 is 0. The lowest BCUT2D eigenvalue weighted by Crippen LogP contribution is -2.33. The molecule has 20 heavy (non-hydrogen) atoms. The Balaban J connectivity index is 2.39. The van der Waals surface area contributed by atoms with E-state index in [-0.39, 0.29) is 30.5 Å². The molecule has 1 saturated heterocycles. The van der Waals surface area contributed by atoms with Crippen LogP contribution in [0.5, 0.6) is 0 Å². The van der Waals surface area contributed by atoms with E-state index in [1.54, 1.807) is 19.9 Å². The van der Waals surface area contributed by atoms with Crippen LogP contribution in [0.1, 0.15) is 25.8 Å². The minimum Gasteiger partial charge on any atom is -0.320 e. The summed E-state index contributed by atoms with van der Waals surface area (Å²) < 4.78 is 14.1. The van der Waals surface area contributed by atoms with E-state index >= 15 is 0 Å². The maximum atomic E-state index is 14.1. The number of benzene rings is 1. The van der Waals surface area contributed by atoms with Crippen molar-refractivity contribution in [3.8, 4) is 11.8 Å². The predicted molar refractivity (Wildman–Crippen MR) is 73.2 cm³/mol. The zero-order valence-electron chi connectivity index (χ0n) is 11.4. The third-order valence-corrected chi connectivity index (χ3v) is 3.15. The van der Waals surface area contributed by atoms with Gasteiger partial charge in [-0.05, 0) is 18.2 Å². The SMILES string of the molecule is CC1(C)CC(=O)N(c2ccc(C#CCN)cc2F)C1=O. The second kappa shape index (κ2) is 5.06. The highest BCUT2D eigenvalue weighted by Gasteiger charge is 2.46. The van der Waals surface area contributed by atoms with E-state index in [0.717, 1.165) is 4.90 Å². The highest BCUT2D eigenvalue weighted by Crippen LogP contribution is 2.36. The Morgan fingerprint density at radius 2 is 2.10 bits per heavy atom. The first-order chi connectivity index (χ1) is 9.36. The summed E-state index contributed by atoms with van der Waals surface area (Å²) in [6, 6.07) is 4.16. The number of carbonyl (C=O) groups is 2. The van der Waals surface area contributed by atoms with Crippen molar-refractivity contribution in [2.75, 3.05) is 11.4 Å². The minimum absolute atomic E-state index is 0.0242. The van der Waals surface area contributed by atoms with Crippen molar-refractivity contribution in [3.05, 3.63) is 29.6 Å². The van der Waals surface area contributed by atoms with Gasteiger partial charge in [-0.2, -0.15) is 0 Å². The van der Waals surface area contributed by atoms with Gasteiger partial charge in [0.15, 0.2) is 0 Å². The lowest BCUT2D eigenvalue weighted by atomic mass is 9.92. The molecule has 0 saturated carbocycles. The van der Waals surface area contributed by atoms with Crippen LogP contribution in [0.3, 0.4) is 0 Å². The molecule has 104 valence electrons. The van der Waals surface area contributed by atoms with Crippen LogP contribution in [0.15, 0.2) is 18.2 Å². The summed E-state index contributed by atoms with van der Waals surface area (Å²) in [7, 11) is 0. The fraction of sp³-hybridized carbons (Fsp3) is 0.333. The molecule has 1 heterocycles. The van der Waals surface area contributed by atoms with Gasteiger partial charge in [0.25, 0.3) is 0 Å². The fourth-order valence-corrected chi connectivity index (χ4v) is 2.11. The molecule has 1 aliphatic heterocycles. The third kappa shape index (κ3) is 2.43. The van der Waals surface area contributed by atoms with Crippen molar-refractivity contribution in [1.29, 1.82) is 0 Å². The fourth-order valence-electron chi connectivity index (χ4n) is 2.11. The van der Waals surface area contributed by atoms with Gasteiger partial charge in [-0.25, -0.2) is 9.29 Å². The largest absolute Gasteiger partial charge is 0.320 e. The molecule has 1 fully saturated rings. The Hall–Kier alpha value is -2.19. The second-order valence-corrected chi connectivity index (χ2v) is 5.27. The number of rotatable bonds is 1. The second-order valence-electron chi connectivity index (χ2n) is 5.27. The van der Waals surface area contributed by atoms with Gasteiger partial charge < -0.3 is 5.73 Å². The molecule has 0 atom stereocenters. The van der Waals surface area contributed by atoms with Crippen LogP contribution in [0, 0.1) is 23.1 Å². The smallest absolute Gasteiger partial charge is 0.240 e. The van der Waals surface area contributed by atoms with Crippen LogP contribution in [0.25, 0.3) is 0 Å². The van der Waals surface area contributed by atoms with E-state index in [2.05, 4.69) is 11.8 Å². The molecule has 2 rings (SSSR count). The summed E-state index contributed by atoms with van der Waals surface area (Å²) in [6.07, 6.45) is 0.0833. The van der Waals surface area contributed by atoms with Crippen LogP contribution in [0.2, 0.25) is 0 Å². The first kappa shape index (κ1) is 14.2. The Kier molecular flexibility index (Phi) is 3.60. The van der Waals surface area contributed by atoms with Crippen molar-refractivity contribution < 1.29 is 14.0 Å². The van der Waals surface area contributed by atoms with Gasteiger partial charge in [-0.15, -0.1) is 0 Å². The molecule has 0 spiro atoms. The standard InChI is InChI=1S/C15H15FN2O2/c1-15(2)9-13(19)18(14(15)20)12-6-5-10(4-3-7-17)8-11(12)16/h5-6,8H,7,9,17H2,1-2H3. The van der Waals surface area contributed by atoms with E-state index < -0.39 is 11.2 Å². The summed E-state index contributed by atoms with van der Waals surface area (Å²) in [6.45, 7) is 3.53. The summed E-state index contributed by atoms with van der Waals surface area (Å²) in [4.78, 5) is 25.0. The number of nitrogens with zero attached hydrogens (tertiary/aromatic N) is 1. The topological polar surface area (TPSA) is 63.4 Å². The number of hydrogen-bond donors (Lipinski definition) is 1. The number of nitrogens with two attached hydrogens (primary N) is 1. The zero-order chi connectivity index (χ0) is 14.9. The Morgan fingerprint density at radius 3 is 2.60 bits per heavy atom. The van der Waals surface area contributed by atoms with Crippen molar-refractivity contribution >= 4 is 17.5 Å². The Morgan fingerprint density at radius 1 is 1.40 bits per heavy atom. The molecule has 1 aromatic rings. The van der Waals surface area contributed by atoms with Crippen LogP contribution in [-0.2, 0) is 9.59 Å². The van der Waals surface area contributed by atoms with E-state index in [9.17, 15) is 14.0 Å². The van der Waals surface area contributed by atoms with Crippen LogP contribution < -0.4 is 10.6 Å². The number of imide groups is 1. The van der Waals surface area contributed by atoms with Gasteiger partial charge in [-0.1, -0.05) is 25.7 Å². The summed E-state index contributed by atoms with van der Waals surface area (Å²) in [5, 5.41) is 0. The van der Waals surface area contributed by atoms with E-state index in [4.69, 9.17) is 5.73 Å². The maximum Gasteiger partial charge on any atom is 0.240 e. The van der Waals surface area contributed by atoms with Gasteiger partial charge in [0.05, 0.1) is 17.6 Å². The predicted octanol–water partition coefficient (Wildman–Crippen LogP) is 1.43. The quantitative estimate of drug-likeness (QED) is 0.622. The normalized spacial score (nSPS) is 17.1. The van der Waals surface area contributed by atoms with Crippen molar-refractivity contribution in [3.63, 3.8) is 0 Å². The number of hydrogen-bond acceptors (Lipinski definition) is 3. The highest BCUT2D eigenvalue weighted by atomic mass is 19.1. The number of carbonyl (C=O) groups excluding carboxylic acids is 2. The van der Waals surface area contributed by atoms with Crippen molar-refractivity contribution in [1.82, 2.24) is 0 Å². The molecule has 0 unspecified atom stereocenters. The minimum atomic E-state index is -0.790. The van der Waals surface area contributed by atoms with E-state index in [1.165, 1.54) is 12.1 Å². The molecule has 2 amide bonds. The van der Waals surface area contributed by atoms with Crippen LogP contribution in [0.4, 0.5) is 10.1 Å². The molecule has 1 aliphatic rings. The first-order valence-electron chi connectivity index (χ1n) is 6.22. The Labute approximate surface area is 116 Å². The summed E-state index contributed by atoms with van der Waals surface area (Å²) in [5.74, 6) is 3.89. The third-order valence-electron chi connectivity index (χ3n) is 3.15. The molecule has 5 heteroatoms. The lowest BCUT2D eigenvalue weighted by Gasteiger charge is -2.18. The van der Waals surface area contributed by atoms with E-state index in [1.807, 2.05) is 0 Å². The van der Waals surface area contributed by atoms with Crippen molar-refractivity contribution in [2.45, 2.75) is 20.3 Å². The first-order valence-corrected chi connectivity index (χ1v) is 6.22.